The topological polar surface area (TPSA) is 99.2 Å². The molecule has 0 aliphatic rings. The number of amides is 1. The van der Waals surface area contributed by atoms with E-state index >= 15 is 0 Å². The highest BCUT2D eigenvalue weighted by Crippen LogP contribution is 2.26. The Hall–Kier alpha value is -4.20. The number of rotatable bonds is 5. The van der Waals surface area contributed by atoms with Gasteiger partial charge in [-0.1, -0.05) is 35.5 Å². The molecule has 1 amide bonds. The van der Waals surface area contributed by atoms with Crippen LogP contribution in [0.1, 0.15) is 10.7 Å². The zero-order valence-electron chi connectivity index (χ0n) is 15.4. The van der Waals surface area contributed by atoms with Crippen molar-refractivity contribution in [3.8, 4) is 22.9 Å². The second kappa shape index (κ2) is 7.81. The molecule has 0 aliphatic heterocycles. The van der Waals surface area contributed by atoms with Gasteiger partial charge in [-0.15, -0.1) is 0 Å². The average Bonchev–Trinajstić information content (AvgIpc) is 3.22. The number of hydrogen-bond acceptors (Lipinski definition) is 6. The summed E-state index contributed by atoms with van der Waals surface area (Å²) in [5.41, 5.74) is 0.902. The van der Waals surface area contributed by atoms with Gasteiger partial charge >= 0.3 is 11.8 Å². The normalized spacial score (nSPS) is 10.5. The van der Waals surface area contributed by atoms with Gasteiger partial charge in [0.2, 0.25) is 11.4 Å². The van der Waals surface area contributed by atoms with Crippen molar-refractivity contribution in [3.63, 3.8) is 0 Å². The van der Waals surface area contributed by atoms with Crippen molar-refractivity contribution in [1.82, 2.24) is 14.7 Å². The molecular formula is C21H16N4O4. The van der Waals surface area contributed by atoms with Gasteiger partial charge < -0.3 is 19.1 Å². The molecule has 4 rings (SSSR count). The molecule has 29 heavy (non-hydrogen) atoms. The van der Waals surface area contributed by atoms with E-state index in [4.69, 9.17) is 9.26 Å². The van der Waals surface area contributed by atoms with Gasteiger partial charge in [0.1, 0.15) is 11.5 Å². The summed E-state index contributed by atoms with van der Waals surface area (Å²) in [5, 5.41) is 6.49. The molecule has 2 heterocycles. The Labute approximate surface area is 165 Å². The van der Waals surface area contributed by atoms with Gasteiger partial charge in [0, 0.05) is 24.9 Å². The van der Waals surface area contributed by atoms with Crippen LogP contribution >= 0.6 is 0 Å². The Kier molecular flexibility index (Phi) is 4.90. The fourth-order valence-corrected chi connectivity index (χ4v) is 2.61. The molecule has 0 fully saturated rings. The standard InChI is InChI=1S/C21H16N4O4/c1-25-13-15(10-11-18(25)26)22-20(27)21-23-19(24-29-21)14-6-5-9-17(12-14)28-16-7-3-2-4-8-16/h2-13H,1H3,(H,22,27). The molecule has 8 nitrogen and oxygen atoms in total. The molecule has 0 unspecified atom stereocenters. The molecule has 0 saturated carbocycles. The van der Waals surface area contributed by atoms with Crippen molar-refractivity contribution in [2.45, 2.75) is 0 Å². The summed E-state index contributed by atoms with van der Waals surface area (Å²) in [4.78, 5) is 27.9. The molecule has 4 aromatic rings. The molecule has 0 radical (unpaired) electrons. The van der Waals surface area contributed by atoms with E-state index in [1.54, 1.807) is 25.2 Å². The smallest absolute Gasteiger partial charge is 0.316 e. The molecule has 0 saturated heterocycles. The number of ether oxygens (including phenoxy) is 1. The van der Waals surface area contributed by atoms with Gasteiger partial charge in [-0.05, 0) is 30.3 Å². The minimum Gasteiger partial charge on any atom is -0.457 e. The third-order valence-electron chi connectivity index (χ3n) is 4.04. The van der Waals surface area contributed by atoms with Crippen molar-refractivity contribution in [2.24, 2.45) is 7.05 Å². The highest BCUT2D eigenvalue weighted by Gasteiger charge is 2.17. The number of carbonyl (C=O) groups is 1. The first-order chi connectivity index (χ1) is 14.1. The lowest BCUT2D eigenvalue weighted by Gasteiger charge is -2.05. The van der Waals surface area contributed by atoms with Gasteiger partial charge in [-0.25, -0.2) is 0 Å². The molecule has 0 atom stereocenters. The number of para-hydroxylation sites is 1. The van der Waals surface area contributed by atoms with Crippen LogP contribution in [0.15, 0.2) is 82.2 Å². The van der Waals surface area contributed by atoms with E-state index in [0.717, 1.165) is 0 Å². The number of benzene rings is 2. The lowest BCUT2D eigenvalue weighted by atomic mass is 10.2. The Morgan fingerprint density at radius 3 is 2.62 bits per heavy atom. The Balaban J connectivity index is 1.51. The number of pyridine rings is 1. The van der Waals surface area contributed by atoms with Crippen LogP contribution in [0.5, 0.6) is 11.5 Å². The first-order valence-electron chi connectivity index (χ1n) is 8.73. The van der Waals surface area contributed by atoms with E-state index < -0.39 is 5.91 Å². The van der Waals surface area contributed by atoms with Crippen LogP contribution in [0.3, 0.4) is 0 Å². The first-order valence-corrected chi connectivity index (χ1v) is 8.73. The fourth-order valence-electron chi connectivity index (χ4n) is 2.61. The Morgan fingerprint density at radius 1 is 1.03 bits per heavy atom. The number of aryl methyl sites for hydroxylation is 1. The molecule has 0 aliphatic carbocycles. The Bertz CT molecular complexity index is 1210. The Morgan fingerprint density at radius 2 is 1.83 bits per heavy atom. The minimum absolute atomic E-state index is 0.180. The number of aromatic nitrogens is 3. The lowest BCUT2D eigenvalue weighted by Crippen LogP contribution is -2.18. The summed E-state index contributed by atoms with van der Waals surface area (Å²) in [6, 6.07) is 19.4. The number of nitrogens with zero attached hydrogens (tertiary/aromatic N) is 3. The molecule has 144 valence electrons. The van der Waals surface area contributed by atoms with Crippen LogP contribution in [-0.2, 0) is 7.05 Å². The van der Waals surface area contributed by atoms with Gasteiger partial charge in [-0.3, -0.25) is 9.59 Å². The van der Waals surface area contributed by atoms with E-state index in [1.807, 2.05) is 36.4 Å². The number of hydrogen-bond donors (Lipinski definition) is 1. The van der Waals surface area contributed by atoms with Crippen LogP contribution in [0.2, 0.25) is 0 Å². The monoisotopic (exact) mass is 388 g/mol. The SMILES string of the molecule is Cn1cc(NC(=O)c2nc(-c3cccc(Oc4ccccc4)c3)no2)ccc1=O. The highest BCUT2D eigenvalue weighted by molar-refractivity contribution is 6.00. The van der Waals surface area contributed by atoms with E-state index in [9.17, 15) is 9.59 Å². The number of nitrogens with one attached hydrogen (secondary N) is 1. The minimum atomic E-state index is -0.570. The van der Waals surface area contributed by atoms with Crippen LogP contribution in [0, 0.1) is 0 Å². The first kappa shape index (κ1) is 18.2. The fraction of sp³-hybridized carbons (Fsp3) is 0.0476. The summed E-state index contributed by atoms with van der Waals surface area (Å²) >= 11 is 0. The lowest BCUT2D eigenvalue weighted by molar-refractivity contribution is 0.0981. The van der Waals surface area contributed by atoms with E-state index in [2.05, 4.69) is 15.5 Å². The number of anilines is 1. The molecule has 2 aromatic heterocycles. The zero-order valence-corrected chi connectivity index (χ0v) is 15.4. The molecule has 0 spiro atoms. The highest BCUT2D eigenvalue weighted by atomic mass is 16.5. The maximum absolute atomic E-state index is 12.3. The third-order valence-corrected chi connectivity index (χ3v) is 4.04. The maximum atomic E-state index is 12.3. The zero-order chi connectivity index (χ0) is 20.2. The van der Waals surface area contributed by atoms with Crippen molar-refractivity contribution >= 4 is 11.6 Å². The average molecular weight is 388 g/mol. The third kappa shape index (κ3) is 4.22. The van der Waals surface area contributed by atoms with Crippen molar-refractivity contribution in [2.75, 3.05) is 5.32 Å². The van der Waals surface area contributed by atoms with Gasteiger partial charge in [0.25, 0.3) is 0 Å². The quantitative estimate of drug-likeness (QED) is 0.562. The molecule has 2 aromatic carbocycles. The molecule has 1 N–H and O–H groups in total. The van der Waals surface area contributed by atoms with Crippen LogP contribution in [0.25, 0.3) is 11.4 Å². The molecule has 0 bridgehead atoms. The summed E-state index contributed by atoms with van der Waals surface area (Å²) in [7, 11) is 1.59. The predicted molar refractivity (Wildman–Crippen MR) is 106 cm³/mol. The van der Waals surface area contributed by atoms with E-state index in [0.29, 0.717) is 22.7 Å². The van der Waals surface area contributed by atoms with Crippen LogP contribution < -0.4 is 15.6 Å². The van der Waals surface area contributed by atoms with Crippen LogP contribution in [-0.4, -0.2) is 20.6 Å². The van der Waals surface area contributed by atoms with E-state index in [1.165, 1.54) is 22.9 Å². The van der Waals surface area contributed by atoms with Gasteiger partial charge in [0.05, 0.1) is 5.69 Å². The van der Waals surface area contributed by atoms with E-state index in [-0.39, 0.29) is 17.3 Å². The van der Waals surface area contributed by atoms with Crippen molar-refractivity contribution in [3.05, 3.63) is 89.2 Å². The number of carbonyl (C=O) groups excluding carboxylic acids is 1. The van der Waals surface area contributed by atoms with Gasteiger partial charge in [-0.2, -0.15) is 4.98 Å². The molecule has 8 heteroatoms. The molecular weight excluding hydrogens is 372 g/mol. The summed E-state index contributed by atoms with van der Waals surface area (Å²) in [6.07, 6.45) is 1.50. The predicted octanol–water partition coefficient (Wildman–Crippen LogP) is 3.48. The van der Waals surface area contributed by atoms with Crippen LogP contribution in [0.4, 0.5) is 5.69 Å². The second-order valence-electron chi connectivity index (χ2n) is 6.19. The summed E-state index contributed by atoms with van der Waals surface area (Å²) in [5.74, 6) is 0.807. The second-order valence-corrected chi connectivity index (χ2v) is 6.19. The maximum Gasteiger partial charge on any atom is 0.316 e. The van der Waals surface area contributed by atoms with Crippen molar-refractivity contribution in [1.29, 1.82) is 0 Å². The van der Waals surface area contributed by atoms with Gasteiger partial charge in [0.15, 0.2) is 0 Å². The van der Waals surface area contributed by atoms with Crippen molar-refractivity contribution < 1.29 is 14.1 Å². The largest absolute Gasteiger partial charge is 0.457 e. The summed E-state index contributed by atoms with van der Waals surface area (Å²) < 4.78 is 12.2. The summed E-state index contributed by atoms with van der Waals surface area (Å²) in [6.45, 7) is 0.